The third kappa shape index (κ3) is 6.60. The smallest absolute Gasteiger partial charge is 0.407 e. The largest absolute Gasteiger partial charge is 0.445 e. The molecule has 160 valence electrons. The molecule has 1 atom stereocenters. The van der Waals surface area contributed by atoms with Gasteiger partial charge in [0.1, 0.15) is 6.61 Å². The van der Waals surface area contributed by atoms with E-state index in [1.807, 2.05) is 49.4 Å². The Bertz CT molecular complexity index is 1040. The second kappa shape index (κ2) is 11.0. The van der Waals surface area contributed by atoms with Crippen LogP contribution in [0.15, 0.2) is 82.2 Å². The first-order chi connectivity index (χ1) is 15.0. The highest BCUT2D eigenvalue weighted by Crippen LogP contribution is 2.21. The lowest BCUT2D eigenvalue weighted by Gasteiger charge is -2.17. The summed E-state index contributed by atoms with van der Waals surface area (Å²) in [5.41, 5.74) is 2.96. The molecular weight excluding hydrogens is 476 g/mol. The van der Waals surface area contributed by atoms with Gasteiger partial charge in [-0.1, -0.05) is 59.3 Å². The van der Waals surface area contributed by atoms with E-state index in [4.69, 9.17) is 4.74 Å². The second-order valence-electron chi connectivity index (χ2n) is 6.90. The van der Waals surface area contributed by atoms with Crippen LogP contribution < -0.4 is 10.6 Å². The van der Waals surface area contributed by atoms with Gasteiger partial charge in [-0.05, 0) is 53.9 Å². The second-order valence-corrected chi connectivity index (χ2v) is 8.30. The van der Waals surface area contributed by atoms with E-state index >= 15 is 0 Å². The van der Waals surface area contributed by atoms with E-state index in [1.165, 1.54) is 0 Å². The summed E-state index contributed by atoms with van der Waals surface area (Å²) < 4.78 is 6.33. The summed E-state index contributed by atoms with van der Waals surface area (Å²) in [4.78, 5) is 25.3. The van der Waals surface area contributed by atoms with Crippen LogP contribution in [0.1, 0.15) is 40.9 Å². The van der Waals surface area contributed by atoms with Gasteiger partial charge in [0, 0.05) is 14.9 Å². The summed E-state index contributed by atoms with van der Waals surface area (Å²) in [5.74, 6) is -0.230. The molecule has 0 aliphatic rings. The van der Waals surface area contributed by atoms with Crippen molar-refractivity contribution in [3.8, 4) is 0 Å². The fraction of sp³-hybridized carbons (Fsp3) is 0.167. The highest BCUT2D eigenvalue weighted by Gasteiger charge is 2.14. The zero-order valence-corrected chi connectivity index (χ0v) is 19.5. The number of anilines is 1. The molecule has 0 heterocycles. The van der Waals surface area contributed by atoms with Crippen LogP contribution in [0.4, 0.5) is 10.5 Å². The zero-order valence-electron chi connectivity index (χ0n) is 17.0. The number of ether oxygens (including phenoxy) is 1. The van der Waals surface area contributed by atoms with E-state index in [0.29, 0.717) is 16.1 Å². The van der Waals surface area contributed by atoms with Gasteiger partial charge in [0.05, 0.1) is 11.7 Å². The fourth-order valence-electron chi connectivity index (χ4n) is 2.98. The maximum Gasteiger partial charge on any atom is 0.407 e. The van der Waals surface area contributed by atoms with Crippen LogP contribution in [0.3, 0.4) is 0 Å². The van der Waals surface area contributed by atoms with Crippen LogP contribution in [-0.2, 0) is 11.3 Å². The number of benzene rings is 3. The molecule has 2 N–H and O–H groups in total. The average Bonchev–Trinajstić information content (AvgIpc) is 2.78. The van der Waals surface area contributed by atoms with Crippen molar-refractivity contribution in [3.05, 3.63) is 94.0 Å². The van der Waals surface area contributed by atoms with Crippen molar-refractivity contribution in [3.63, 3.8) is 0 Å². The van der Waals surface area contributed by atoms with E-state index in [9.17, 15) is 9.59 Å². The Morgan fingerprint density at radius 2 is 1.68 bits per heavy atom. The standard InChI is InChI=1S/C24H23BrN2O3S/c1-2-20(17-11-13-19(25)14-12-17)27-24(29)30-15-16-7-9-18(10-8-16)23(28)26-21-5-3-4-6-22(21)31/h3-14,20,31H,2,15H2,1H3,(H,26,28)(H,27,29)/t20-/m0/s1. The monoisotopic (exact) mass is 498 g/mol. The Labute approximate surface area is 195 Å². The summed E-state index contributed by atoms with van der Waals surface area (Å²) in [6.07, 6.45) is 0.262. The molecule has 0 unspecified atom stereocenters. The van der Waals surface area contributed by atoms with Crippen molar-refractivity contribution < 1.29 is 14.3 Å². The molecule has 2 amide bonds. The maximum atomic E-state index is 12.4. The van der Waals surface area contributed by atoms with E-state index in [2.05, 4.69) is 39.2 Å². The lowest BCUT2D eigenvalue weighted by molar-refractivity contribution is 0.102. The Morgan fingerprint density at radius 3 is 2.32 bits per heavy atom. The number of hydrogen-bond donors (Lipinski definition) is 3. The Morgan fingerprint density at radius 1 is 1.00 bits per heavy atom. The van der Waals surface area contributed by atoms with E-state index in [0.717, 1.165) is 22.0 Å². The lowest BCUT2D eigenvalue weighted by atomic mass is 10.1. The summed E-state index contributed by atoms with van der Waals surface area (Å²) in [6.45, 7) is 2.12. The fourth-order valence-corrected chi connectivity index (χ4v) is 3.46. The molecule has 3 aromatic carbocycles. The minimum absolute atomic E-state index is 0.115. The molecule has 3 rings (SSSR count). The van der Waals surface area contributed by atoms with Crippen molar-refractivity contribution >= 4 is 46.2 Å². The molecule has 7 heteroatoms. The molecule has 0 radical (unpaired) electrons. The molecule has 0 fully saturated rings. The predicted octanol–water partition coefficient (Wildman–Crippen LogP) is 6.37. The number of rotatable bonds is 7. The highest BCUT2D eigenvalue weighted by molar-refractivity contribution is 9.10. The number of halogens is 1. The van der Waals surface area contributed by atoms with Crippen LogP contribution in [-0.4, -0.2) is 12.0 Å². The maximum absolute atomic E-state index is 12.4. The molecule has 31 heavy (non-hydrogen) atoms. The number of para-hydroxylation sites is 1. The first-order valence-electron chi connectivity index (χ1n) is 9.83. The number of carbonyl (C=O) groups is 2. The van der Waals surface area contributed by atoms with Crippen LogP contribution in [0.25, 0.3) is 0 Å². The third-order valence-electron chi connectivity index (χ3n) is 4.71. The summed E-state index contributed by atoms with van der Waals surface area (Å²) >= 11 is 7.75. The van der Waals surface area contributed by atoms with Gasteiger partial charge < -0.3 is 15.4 Å². The van der Waals surface area contributed by atoms with Crippen LogP contribution in [0.5, 0.6) is 0 Å². The van der Waals surface area contributed by atoms with Crippen molar-refractivity contribution in [2.75, 3.05) is 5.32 Å². The molecule has 0 saturated heterocycles. The minimum Gasteiger partial charge on any atom is -0.445 e. The van der Waals surface area contributed by atoms with Gasteiger partial charge in [-0.3, -0.25) is 4.79 Å². The number of alkyl carbamates (subject to hydrolysis) is 1. The SMILES string of the molecule is CC[C@H](NC(=O)OCc1ccc(C(=O)Nc2ccccc2S)cc1)c1ccc(Br)cc1. The van der Waals surface area contributed by atoms with Crippen molar-refractivity contribution in [1.82, 2.24) is 5.32 Å². The number of thiol groups is 1. The van der Waals surface area contributed by atoms with Gasteiger partial charge in [0.25, 0.3) is 5.91 Å². The summed E-state index contributed by atoms with van der Waals surface area (Å²) in [5, 5.41) is 5.72. The first kappa shape index (κ1) is 22.9. The molecule has 0 saturated carbocycles. The van der Waals surface area contributed by atoms with E-state index in [1.54, 1.807) is 30.3 Å². The molecule has 0 aliphatic carbocycles. The number of amides is 2. The molecule has 3 aromatic rings. The van der Waals surface area contributed by atoms with Crippen molar-refractivity contribution in [1.29, 1.82) is 0 Å². The first-order valence-corrected chi connectivity index (χ1v) is 11.1. The lowest BCUT2D eigenvalue weighted by Crippen LogP contribution is -2.28. The average molecular weight is 499 g/mol. The molecule has 0 spiro atoms. The Kier molecular flexibility index (Phi) is 8.14. The van der Waals surface area contributed by atoms with E-state index in [-0.39, 0.29) is 18.6 Å². The number of hydrogen-bond acceptors (Lipinski definition) is 4. The summed E-state index contributed by atoms with van der Waals surface area (Å²) in [6, 6.07) is 21.9. The van der Waals surface area contributed by atoms with Gasteiger partial charge in [0.15, 0.2) is 0 Å². The van der Waals surface area contributed by atoms with Crippen molar-refractivity contribution in [2.45, 2.75) is 30.9 Å². The highest BCUT2D eigenvalue weighted by atomic mass is 79.9. The molecular formula is C24H23BrN2O3S. The van der Waals surface area contributed by atoms with Gasteiger partial charge in [-0.15, -0.1) is 12.6 Å². The summed E-state index contributed by atoms with van der Waals surface area (Å²) in [7, 11) is 0. The molecule has 5 nitrogen and oxygen atoms in total. The number of carbonyl (C=O) groups excluding carboxylic acids is 2. The predicted molar refractivity (Wildman–Crippen MR) is 129 cm³/mol. The number of nitrogens with one attached hydrogen (secondary N) is 2. The normalized spacial score (nSPS) is 11.5. The van der Waals surface area contributed by atoms with Gasteiger partial charge in [0.2, 0.25) is 0 Å². The van der Waals surface area contributed by atoms with Crippen LogP contribution in [0, 0.1) is 0 Å². The third-order valence-corrected chi connectivity index (χ3v) is 5.63. The van der Waals surface area contributed by atoms with E-state index < -0.39 is 6.09 Å². The molecule has 0 aliphatic heterocycles. The van der Waals surface area contributed by atoms with Gasteiger partial charge in [-0.2, -0.15) is 0 Å². The van der Waals surface area contributed by atoms with Crippen LogP contribution in [0.2, 0.25) is 0 Å². The zero-order chi connectivity index (χ0) is 22.2. The van der Waals surface area contributed by atoms with Gasteiger partial charge in [-0.25, -0.2) is 4.79 Å². The van der Waals surface area contributed by atoms with Gasteiger partial charge >= 0.3 is 6.09 Å². The van der Waals surface area contributed by atoms with Crippen molar-refractivity contribution in [2.24, 2.45) is 0 Å². The molecule has 0 aromatic heterocycles. The molecule has 0 bridgehead atoms. The Balaban J connectivity index is 1.52. The quantitative estimate of drug-likeness (QED) is 0.331. The topological polar surface area (TPSA) is 67.4 Å². The minimum atomic E-state index is -0.484. The Hall–Kier alpha value is -2.77. The van der Waals surface area contributed by atoms with Crippen LogP contribution >= 0.6 is 28.6 Å².